The summed E-state index contributed by atoms with van der Waals surface area (Å²) in [5.74, 6) is 0.870. The van der Waals surface area contributed by atoms with Gasteiger partial charge in [-0.05, 0) is 60.8 Å². The van der Waals surface area contributed by atoms with Crippen molar-refractivity contribution in [2.75, 3.05) is 5.32 Å². The van der Waals surface area contributed by atoms with Gasteiger partial charge in [-0.15, -0.1) is 11.3 Å². The van der Waals surface area contributed by atoms with E-state index in [4.69, 9.17) is 11.6 Å². The van der Waals surface area contributed by atoms with Crippen LogP contribution in [0.2, 0.25) is 5.28 Å². The molecular formula is C20H16ClN3OS. The SMILES string of the molecule is Cc1ccc(-c2csc3nc(Cl)nc(Nc4ccc(O)cc4)c23)c(C)c1. The smallest absolute Gasteiger partial charge is 0.225 e. The van der Waals surface area contributed by atoms with E-state index in [2.05, 4.69) is 52.7 Å². The number of hydrogen-bond acceptors (Lipinski definition) is 5. The summed E-state index contributed by atoms with van der Waals surface area (Å²) in [7, 11) is 0. The fraction of sp³-hybridized carbons (Fsp3) is 0.100. The third-order valence-electron chi connectivity index (χ3n) is 4.21. The highest BCUT2D eigenvalue weighted by Gasteiger charge is 2.16. The number of nitrogens with one attached hydrogen (secondary N) is 1. The zero-order valence-electron chi connectivity index (χ0n) is 14.2. The number of rotatable bonds is 3. The van der Waals surface area contributed by atoms with Crippen molar-refractivity contribution in [2.24, 2.45) is 0 Å². The van der Waals surface area contributed by atoms with Gasteiger partial charge in [-0.2, -0.15) is 4.98 Å². The number of aromatic hydroxyl groups is 1. The first-order valence-electron chi connectivity index (χ1n) is 8.09. The maximum absolute atomic E-state index is 9.48. The monoisotopic (exact) mass is 381 g/mol. The van der Waals surface area contributed by atoms with Crippen LogP contribution in [0.5, 0.6) is 5.75 Å². The molecule has 0 unspecified atom stereocenters. The Balaban J connectivity index is 1.89. The van der Waals surface area contributed by atoms with E-state index in [1.165, 1.54) is 11.1 Å². The molecule has 2 heterocycles. The van der Waals surface area contributed by atoms with E-state index in [0.29, 0.717) is 5.82 Å². The zero-order valence-corrected chi connectivity index (χ0v) is 15.8. The van der Waals surface area contributed by atoms with Crippen molar-refractivity contribution in [3.05, 3.63) is 64.3 Å². The molecule has 0 fully saturated rings. The van der Waals surface area contributed by atoms with E-state index in [-0.39, 0.29) is 11.0 Å². The summed E-state index contributed by atoms with van der Waals surface area (Å²) in [6.45, 7) is 4.19. The van der Waals surface area contributed by atoms with Crippen LogP contribution < -0.4 is 5.32 Å². The molecule has 0 aliphatic carbocycles. The molecule has 0 aliphatic heterocycles. The van der Waals surface area contributed by atoms with E-state index in [1.54, 1.807) is 35.6 Å². The number of phenols is 1. The third kappa shape index (κ3) is 3.11. The number of benzene rings is 2. The van der Waals surface area contributed by atoms with Crippen LogP contribution in [0.3, 0.4) is 0 Å². The van der Waals surface area contributed by atoms with Crippen LogP contribution in [-0.4, -0.2) is 15.1 Å². The van der Waals surface area contributed by atoms with Gasteiger partial charge in [0.25, 0.3) is 0 Å². The minimum absolute atomic E-state index is 0.202. The van der Waals surface area contributed by atoms with Crippen LogP contribution in [0, 0.1) is 13.8 Å². The molecule has 26 heavy (non-hydrogen) atoms. The van der Waals surface area contributed by atoms with Gasteiger partial charge in [0, 0.05) is 16.6 Å². The fourth-order valence-corrected chi connectivity index (χ4v) is 4.16. The standard InChI is InChI=1S/C20H16ClN3OS/c1-11-3-8-15(12(2)9-11)16-10-26-19-17(16)18(23-20(21)24-19)22-13-4-6-14(25)7-5-13/h3-10,25H,1-2H3,(H,22,23,24). The lowest BCUT2D eigenvalue weighted by molar-refractivity contribution is 0.475. The first-order valence-corrected chi connectivity index (χ1v) is 9.35. The van der Waals surface area contributed by atoms with Gasteiger partial charge in [-0.25, -0.2) is 4.98 Å². The minimum Gasteiger partial charge on any atom is -0.508 e. The van der Waals surface area contributed by atoms with Crippen LogP contribution in [0.1, 0.15) is 11.1 Å². The van der Waals surface area contributed by atoms with Crippen LogP contribution >= 0.6 is 22.9 Å². The molecule has 4 rings (SSSR count). The van der Waals surface area contributed by atoms with Crippen LogP contribution in [-0.2, 0) is 0 Å². The summed E-state index contributed by atoms with van der Waals surface area (Å²) < 4.78 is 0. The molecule has 0 atom stereocenters. The highest BCUT2D eigenvalue weighted by atomic mass is 35.5. The summed E-state index contributed by atoms with van der Waals surface area (Å²) >= 11 is 7.67. The van der Waals surface area contributed by atoms with Crippen molar-refractivity contribution in [2.45, 2.75) is 13.8 Å². The number of halogens is 1. The quantitative estimate of drug-likeness (QED) is 0.333. The second-order valence-corrected chi connectivity index (χ2v) is 7.36. The molecule has 130 valence electrons. The molecule has 4 nitrogen and oxygen atoms in total. The van der Waals surface area contributed by atoms with Gasteiger partial charge >= 0.3 is 0 Å². The summed E-state index contributed by atoms with van der Waals surface area (Å²) in [4.78, 5) is 9.62. The summed E-state index contributed by atoms with van der Waals surface area (Å²) in [5, 5.41) is 16.0. The average molecular weight is 382 g/mol. The van der Waals surface area contributed by atoms with Gasteiger partial charge in [0.1, 0.15) is 16.4 Å². The molecule has 2 aromatic carbocycles. The number of aromatic nitrogens is 2. The van der Waals surface area contributed by atoms with Gasteiger partial charge in [0.05, 0.1) is 5.39 Å². The van der Waals surface area contributed by atoms with E-state index < -0.39 is 0 Å². The molecule has 0 amide bonds. The lowest BCUT2D eigenvalue weighted by Gasteiger charge is -2.11. The average Bonchev–Trinajstić information content (AvgIpc) is 3.00. The highest BCUT2D eigenvalue weighted by Crippen LogP contribution is 2.39. The fourth-order valence-electron chi connectivity index (χ4n) is 3.00. The highest BCUT2D eigenvalue weighted by molar-refractivity contribution is 7.17. The van der Waals surface area contributed by atoms with Crippen molar-refractivity contribution in [3.8, 4) is 16.9 Å². The number of hydrogen-bond donors (Lipinski definition) is 2. The van der Waals surface area contributed by atoms with Gasteiger partial charge in [-0.3, -0.25) is 0 Å². The Labute approximate surface area is 160 Å². The van der Waals surface area contributed by atoms with E-state index >= 15 is 0 Å². The Morgan fingerprint density at radius 1 is 1.00 bits per heavy atom. The van der Waals surface area contributed by atoms with E-state index in [1.807, 2.05) is 0 Å². The molecule has 6 heteroatoms. The third-order valence-corrected chi connectivity index (χ3v) is 5.25. The Morgan fingerprint density at radius 3 is 2.50 bits per heavy atom. The largest absolute Gasteiger partial charge is 0.508 e. The molecule has 2 aromatic heterocycles. The maximum atomic E-state index is 9.48. The number of aryl methyl sites for hydroxylation is 2. The predicted molar refractivity (Wildman–Crippen MR) is 109 cm³/mol. The Kier molecular flexibility index (Phi) is 4.26. The summed E-state index contributed by atoms with van der Waals surface area (Å²) in [6.07, 6.45) is 0. The number of thiophene rings is 1. The first-order chi connectivity index (χ1) is 12.5. The molecular weight excluding hydrogens is 366 g/mol. The molecule has 0 radical (unpaired) electrons. The van der Waals surface area contributed by atoms with Crippen molar-refractivity contribution < 1.29 is 5.11 Å². The lowest BCUT2D eigenvalue weighted by atomic mass is 9.99. The number of nitrogens with zero attached hydrogens (tertiary/aromatic N) is 2. The molecule has 0 bridgehead atoms. The van der Waals surface area contributed by atoms with Crippen molar-refractivity contribution in [3.63, 3.8) is 0 Å². The second kappa shape index (κ2) is 6.59. The molecule has 0 saturated heterocycles. The first kappa shape index (κ1) is 16.8. The lowest BCUT2D eigenvalue weighted by Crippen LogP contribution is -1.97. The Morgan fingerprint density at radius 2 is 1.77 bits per heavy atom. The van der Waals surface area contributed by atoms with E-state index in [9.17, 15) is 5.11 Å². The summed E-state index contributed by atoms with van der Waals surface area (Å²) in [5.41, 5.74) is 5.49. The zero-order chi connectivity index (χ0) is 18.3. The second-order valence-electron chi connectivity index (χ2n) is 6.16. The molecule has 0 spiro atoms. The maximum Gasteiger partial charge on any atom is 0.225 e. The van der Waals surface area contributed by atoms with Gasteiger partial charge in [0.15, 0.2) is 0 Å². The minimum atomic E-state index is 0.202. The Hall–Kier alpha value is -2.63. The van der Waals surface area contributed by atoms with Gasteiger partial charge in [-0.1, -0.05) is 23.8 Å². The Bertz CT molecular complexity index is 1110. The van der Waals surface area contributed by atoms with Crippen LogP contribution in [0.15, 0.2) is 47.8 Å². The molecule has 0 saturated carbocycles. The van der Waals surface area contributed by atoms with Gasteiger partial charge < -0.3 is 10.4 Å². The molecule has 2 N–H and O–H groups in total. The number of anilines is 2. The topological polar surface area (TPSA) is 58.0 Å². The predicted octanol–water partition coefficient (Wildman–Crippen LogP) is 6.08. The molecule has 4 aromatic rings. The van der Waals surface area contributed by atoms with Crippen molar-refractivity contribution >= 4 is 44.7 Å². The molecule has 0 aliphatic rings. The van der Waals surface area contributed by atoms with Crippen molar-refractivity contribution in [1.29, 1.82) is 0 Å². The van der Waals surface area contributed by atoms with Crippen molar-refractivity contribution in [1.82, 2.24) is 9.97 Å². The van der Waals surface area contributed by atoms with Crippen LogP contribution in [0.25, 0.3) is 21.3 Å². The number of fused-ring (bicyclic) bond motifs is 1. The van der Waals surface area contributed by atoms with Gasteiger partial charge in [0.2, 0.25) is 5.28 Å². The number of phenolic OH excluding ortho intramolecular Hbond substituents is 1. The van der Waals surface area contributed by atoms with Crippen LogP contribution in [0.4, 0.5) is 11.5 Å². The van der Waals surface area contributed by atoms with E-state index in [0.717, 1.165) is 27.0 Å². The normalized spacial score (nSPS) is 11.0. The summed E-state index contributed by atoms with van der Waals surface area (Å²) in [6, 6.07) is 13.2.